The molecule has 1 unspecified atom stereocenters. The Bertz CT molecular complexity index is 1580. The Kier molecular flexibility index (Phi) is 13.1. The van der Waals surface area contributed by atoms with Gasteiger partial charge in [-0.3, -0.25) is 10.1 Å². The zero-order valence-electron chi connectivity index (χ0n) is 28.2. The van der Waals surface area contributed by atoms with Crippen molar-refractivity contribution in [1.82, 2.24) is 10.2 Å². The number of benzene rings is 1. The summed E-state index contributed by atoms with van der Waals surface area (Å²) >= 11 is 14.2. The maximum atomic E-state index is 13.6. The molecule has 1 saturated heterocycles. The Hall–Kier alpha value is -3.09. The third-order valence-corrected chi connectivity index (χ3v) is 11.6. The Morgan fingerprint density at radius 2 is 1.71 bits per heavy atom. The summed E-state index contributed by atoms with van der Waals surface area (Å²) in [5, 5.41) is 26.3. The van der Waals surface area contributed by atoms with Crippen LogP contribution in [0.5, 0.6) is 11.5 Å². The van der Waals surface area contributed by atoms with Crippen LogP contribution in [0, 0.1) is 17.0 Å². The number of aromatic carboxylic acids is 1. The molecule has 2 aliphatic rings. The van der Waals surface area contributed by atoms with Gasteiger partial charge in [0.1, 0.15) is 21.0 Å². The van der Waals surface area contributed by atoms with E-state index in [4.69, 9.17) is 37.4 Å². The number of carbonyl (C=O) groups is 2. The SMILES string of the molecule is COc1ccc([C@H](Cc2c(Cl)c[n+]([O-])cc2Cl)c2cc(CNC(C(=O)OCC3CCN(C)CC3)C3CCCCC3)sc2C(=O)O)cc1OC. The van der Waals surface area contributed by atoms with E-state index in [1.54, 1.807) is 13.2 Å². The summed E-state index contributed by atoms with van der Waals surface area (Å²) < 4.78 is 17.5. The van der Waals surface area contributed by atoms with Gasteiger partial charge in [-0.15, -0.1) is 11.3 Å². The van der Waals surface area contributed by atoms with Gasteiger partial charge in [0, 0.05) is 22.9 Å². The number of methoxy groups -OCH3 is 2. The number of hydrogen-bond donors (Lipinski definition) is 2. The van der Waals surface area contributed by atoms with Crippen molar-refractivity contribution in [1.29, 1.82) is 0 Å². The van der Waals surface area contributed by atoms with E-state index in [0.717, 1.165) is 68.5 Å². The number of carboxylic acid groups (broad SMARTS) is 1. The molecule has 266 valence electrons. The largest absolute Gasteiger partial charge is 0.619 e. The van der Waals surface area contributed by atoms with E-state index in [-0.39, 0.29) is 33.2 Å². The summed E-state index contributed by atoms with van der Waals surface area (Å²) in [6.45, 7) is 2.74. The first-order valence-electron chi connectivity index (χ1n) is 16.8. The Morgan fingerprint density at radius 1 is 1.04 bits per heavy atom. The van der Waals surface area contributed by atoms with Crippen LogP contribution in [0.3, 0.4) is 0 Å². The topological polar surface area (TPSA) is 124 Å². The van der Waals surface area contributed by atoms with Crippen LogP contribution in [0.25, 0.3) is 0 Å². The van der Waals surface area contributed by atoms with E-state index in [2.05, 4.69) is 17.3 Å². The van der Waals surface area contributed by atoms with Gasteiger partial charge in [0.25, 0.3) is 0 Å². The van der Waals surface area contributed by atoms with Gasteiger partial charge in [0.2, 0.25) is 0 Å². The molecule has 2 aromatic heterocycles. The number of pyridine rings is 1. The normalized spacial score (nSPS) is 17.4. The van der Waals surface area contributed by atoms with Gasteiger partial charge in [-0.2, -0.15) is 4.73 Å². The van der Waals surface area contributed by atoms with Crippen LogP contribution in [0.1, 0.15) is 82.1 Å². The van der Waals surface area contributed by atoms with E-state index in [0.29, 0.717) is 46.4 Å². The predicted octanol–water partition coefficient (Wildman–Crippen LogP) is 6.70. The Morgan fingerprint density at radius 3 is 2.35 bits per heavy atom. The molecule has 1 aliphatic carbocycles. The number of thiophene rings is 1. The fourth-order valence-corrected chi connectivity index (χ4v) is 8.63. The molecule has 1 saturated carbocycles. The van der Waals surface area contributed by atoms with Crippen molar-refractivity contribution in [3.8, 4) is 11.5 Å². The molecule has 2 atom stereocenters. The molecule has 3 aromatic rings. The fourth-order valence-electron chi connectivity index (χ4n) is 7.02. The van der Waals surface area contributed by atoms with Crippen LogP contribution in [0.15, 0.2) is 36.7 Å². The fraction of sp³-hybridized carbons (Fsp3) is 0.528. The first-order chi connectivity index (χ1) is 23.6. The molecule has 3 heterocycles. The van der Waals surface area contributed by atoms with E-state index in [9.17, 15) is 19.9 Å². The summed E-state index contributed by atoms with van der Waals surface area (Å²) in [6, 6.07) is 6.83. The summed E-state index contributed by atoms with van der Waals surface area (Å²) in [6.07, 6.45) is 9.89. The molecular formula is C36H45Cl2N3O7S. The van der Waals surface area contributed by atoms with Crippen LogP contribution in [0.4, 0.5) is 0 Å². The zero-order chi connectivity index (χ0) is 35.1. The van der Waals surface area contributed by atoms with Gasteiger partial charge in [0.05, 0.1) is 20.8 Å². The van der Waals surface area contributed by atoms with Gasteiger partial charge < -0.3 is 29.4 Å². The number of nitrogens with one attached hydrogen (secondary N) is 1. The number of hydrogen-bond acceptors (Lipinski definition) is 9. The molecule has 0 spiro atoms. The van der Waals surface area contributed by atoms with Crippen molar-refractivity contribution in [2.75, 3.05) is 41.0 Å². The summed E-state index contributed by atoms with van der Waals surface area (Å²) in [5.74, 6) is -0.294. The number of nitrogens with zero attached hydrogens (tertiary/aromatic N) is 2. The van der Waals surface area contributed by atoms with Crippen LogP contribution in [-0.4, -0.2) is 69.0 Å². The van der Waals surface area contributed by atoms with Gasteiger partial charge in [-0.05, 0) is 93.4 Å². The van der Waals surface area contributed by atoms with Crippen LogP contribution >= 0.6 is 34.5 Å². The number of rotatable bonds is 14. The van der Waals surface area contributed by atoms with Crippen molar-refractivity contribution in [2.45, 2.75) is 69.9 Å². The molecule has 0 bridgehead atoms. The molecule has 1 aliphatic heterocycles. The maximum absolute atomic E-state index is 13.6. The van der Waals surface area contributed by atoms with Crippen molar-refractivity contribution < 1.29 is 33.6 Å². The minimum atomic E-state index is -1.07. The summed E-state index contributed by atoms with van der Waals surface area (Å²) in [5.41, 5.74) is 1.83. The van der Waals surface area contributed by atoms with Crippen molar-refractivity contribution in [3.63, 3.8) is 0 Å². The van der Waals surface area contributed by atoms with E-state index in [1.165, 1.54) is 30.8 Å². The Labute approximate surface area is 301 Å². The molecule has 2 N–H and O–H groups in total. The number of esters is 1. The average Bonchev–Trinajstić information content (AvgIpc) is 3.52. The lowest BCUT2D eigenvalue weighted by Crippen LogP contribution is -2.45. The predicted molar refractivity (Wildman–Crippen MR) is 190 cm³/mol. The molecule has 10 nitrogen and oxygen atoms in total. The highest BCUT2D eigenvalue weighted by Gasteiger charge is 2.33. The standard InChI is InChI=1S/C36H45Cl2N3O7S/c1-40-13-11-22(12-14-40)21-48-36(44)33(23-7-5-4-6-8-23)39-18-25-16-27(34(49-25)35(42)43)26(17-28-29(37)19-41(45)20-30(28)38)24-9-10-31(46-2)32(15-24)47-3/h9-10,15-16,19-20,22-23,26,33,39H,4-8,11-14,17-18,21H2,1-3H3,(H,42,43)/t26-,33?/m0/s1. The van der Waals surface area contributed by atoms with Crippen LogP contribution < -0.4 is 19.5 Å². The quantitative estimate of drug-likeness (QED) is 0.106. The minimum absolute atomic E-state index is 0.155. The monoisotopic (exact) mass is 733 g/mol. The van der Waals surface area contributed by atoms with Crippen molar-refractivity contribution in [3.05, 3.63) is 78.4 Å². The average molecular weight is 735 g/mol. The van der Waals surface area contributed by atoms with Crippen LogP contribution in [-0.2, 0) is 22.5 Å². The highest BCUT2D eigenvalue weighted by molar-refractivity contribution is 7.14. The van der Waals surface area contributed by atoms with E-state index < -0.39 is 17.9 Å². The molecule has 1 aromatic carbocycles. The lowest BCUT2D eigenvalue weighted by molar-refractivity contribution is -0.605. The second-order valence-corrected chi connectivity index (χ2v) is 15.1. The maximum Gasteiger partial charge on any atom is 0.346 e. The smallest absolute Gasteiger partial charge is 0.346 e. The third-order valence-electron chi connectivity index (χ3n) is 9.83. The van der Waals surface area contributed by atoms with Crippen molar-refractivity contribution >= 4 is 46.5 Å². The highest BCUT2D eigenvalue weighted by atomic mass is 35.5. The molecule has 2 fully saturated rings. The first-order valence-corrected chi connectivity index (χ1v) is 18.4. The number of likely N-dealkylation sites (tertiary alicyclic amines) is 1. The molecule has 13 heteroatoms. The van der Waals surface area contributed by atoms with Gasteiger partial charge in [-0.25, -0.2) is 4.79 Å². The minimum Gasteiger partial charge on any atom is -0.619 e. The molecule has 0 radical (unpaired) electrons. The third kappa shape index (κ3) is 9.38. The number of halogens is 2. The number of aromatic nitrogens is 1. The van der Waals surface area contributed by atoms with E-state index in [1.807, 2.05) is 18.2 Å². The summed E-state index contributed by atoms with van der Waals surface area (Å²) in [4.78, 5) is 29.6. The molecule has 49 heavy (non-hydrogen) atoms. The van der Waals surface area contributed by atoms with Crippen LogP contribution in [0.2, 0.25) is 10.0 Å². The molecule has 5 rings (SSSR count). The first kappa shape index (κ1) is 37.2. The van der Waals surface area contributed by atoms with Gasteiger partial charge in [0.15, 0.2) is 23.9 Å². The molecule has 0 amide bonds. The van der Waals surface area contributed by atoms with Crippen molar-refractivity contribution in [2.24, 2.45) is 11.8 Å². The van der Waals surface area contributed by atoms with Gasteiger partial charge >= 0.3 is 11.9 Å². The number of ether oxygens (including phenoxy) is 3. The van der Waals surface area contributed by atoms with E-state index >= 15 is 0 Å². The number of carboxylic acids is 1. The Balaban J connectivity index is 1.44. The second-order valence-electron chi connectivity index (χ2n) is 13.1. The lowest BCUT2D eigenvalue weighted by Gasteiger charge is -2.31. The molecular weight excluding hydrogens is 689 g/mol. The summed E-state index contributed by atoms with van der Waals surface area (Å²) in [7, 11) is 5.19. The zero-order valence-corrected chi connectivity index (χ0v) is 30.5. The van der Waals surface area contributed by atoms with Gasteiger partial charge in [-0.1, -0.05) is 48.5 Å². The number of carbonyl (C=O) groups excluding carboxylic acids is 1. The lowest BCUT2D eigenvalue weighted by atomic mass is 9.83. The number of piperidine rings is 1. The highest BCUT2D eigenvalue weighted by Crippen LogP contribution is 2.41. The second kappa shape index (κ2) is 17.2.